The number of benzene rings is 1. The number of halogens is 3. The second-order valence-corrected chi connectivity index (χ2v) is 6.80. The fourth-order valence-electron chi connectivity index (χ4n) is 2.89. The summed E-state index contributed by atoms with van der Waals surface area (Å²) in [7, 11) is 1.60. The number of carbonyl (C=O) groups is 2. The molecular weight excluding hydrogens is 321 g/mol. The number of hydrogen-bond acceptors (Lipinski definition) is 2. The molecule has 1 unspecified atom stereocenters. The van der Waals surface area contributed by atoms with Crippen LogP contribution in [0.1, 0.15) is 37.8 Å². The van der Waals surface area contributed by atoms with E-state index in [2.05, 4.69) is 5.32 Å². The zero-order chi connectivity index (χ0) is 18.1. The summed E-state index contributed by atoms with van der Waals surface area (Å²) >= 11 is 0. The van der Waals surface area contributed by atoms with Gasteiger partial charge in [-0.2, -0.15) is 13.2 Å². The molecule has 1 aromatic carbocycles. The Balaban J connectivity index is 2.00. The Labute approximate surface area is 139 Å². The lowest BCUT2D eigenvalue weighted by molar-refractivity contribution is -0.137. The van der Waals surface area contributed by atoms with E-state index in [-0.39, 0.29) is 11.8 Å². The number of carbonyl (C=O) groups excluding carboxylic acids is 2. The first-order valence-electron chi connectivity index (χ1n) is 7.73. The van der Waals surface area contributed by atoms with Crippen molar-refractivity contribution < 1.29 is 22.8 Å². The Morgan fingerprint density at radius 3 is 2.29 bits per heavy atom. The molecule has 1 heterocycles. The first-order chi connectivity index (χ1) is 11.0. The van der Waals surface area contributed by atoms with Crippen molar-refractivity contribution in [3.8, 4) is 0 Å². The highest BCUT2D eigenvalue weighted by Gasteiger charge is 2.35. The summed E-state index contributed by atoms with van der Waals surface area (Å²) in [6.07, 6.45) is -3.13. The number of likely N-dealkylation sites (N-methyl/N-ethyl adjacent to an activating group) is 1. The molecule has 1 aromatic rings. The maximum atomic E-state index is 12.6. The zero-order valence-electron chi connectivity index (χ0n) is 13.9. The van der Waals surface area contributed by atoms with Gasteiger partial charge in [-0.1, -0.05) is 12.1 Å². The van der Waals surface area contributed by atoms with E-state index >= 15 is 0 Å². The molecule has 0 spiro atoms. The Bertz CT molecular complexity index is 624. The average Bonchev–Trinajstić information content (AvgIpc) is 2.77. The van der Waals surface area contributed by atoms with Gasteiger partial charge in [0.15, 0.2) is 0 Å². The fraction of sp³-hybridized carbons (Fsp3) is 0.529. The Morgan fingerprint density at radius 1 is 1.25 bits per heavy atom. The summed E-state index contributed by atoms with van der Waals surface area (Å²) < 4.78 is 37.7. The van der Waals surface area contributed by atoms with Crippen LogP contribution in [0.5, 0.6) is 0 Å². The maximum Gasteiger partial charge on any atom is 0.416 e. The standard InChI is InChI=1S/C17H21F3N2O2/c1-16(2,21-15(24)13-8-9-14(23)22(13)3)10-11-4-6-12(7-5-11)17(18,19)20/h4-7,13H,8-10H2,1-3H3,(H,21,24). The molecule has 0 radical (unpaired) electrons. The Morgan fingerprint density at radius 2 is 1.83 bits per heavy atom. The van der Waals surface area contributed by atoms with Crippen molar-refractivity contribution in [2.24, 2.45) is 0 Å². The molecular formula is C17H21F3N2O2. The van der Waals surface area contributed by atoms with E-state index < -0.39 is 23.3 Å². The summed E-state index contributed by atoms with van der Waals surface area (Å²) in [6, 6.07) is 4.43. The van der Waals surface area contributed by atoms with Crippen LogP contribution in [0.2, 0.25) is 0 Å². The van der Waals surface area contributed by atoms with E-state index in [0.29, 0.717) is 24.8 Å². The second kappa shape index (κ2) is 6.45. The highest BCUT2D eigenvalue weighted by Crippen LogP contribution is 2.29. The van der Waals surface area contributed by atoms with Crippen molar-refractivity contribution in [2.45, 2.75) is 50.9 Å². The van der Waals surface area contributed by atoms with Crippen molar-refractivity contribution in [3.05, 3.63) is 35.4 Å². The van der Waals surface area contributed by atoms with Crippen LogP contribution in [-0.4, -0.2) is 35.3 Å². The molecule has 1 aliphatic heterocycles. The molecule has 0 aliphatic carbocycles. The number of nitrogens with one attached hydrogen (secondary N) is 1. The fourth-order valence-corrected chi connectivity index (χ4v) is 2.89. The van der Waals surface area contributed by atoms with E-state index in [0.717, 1.165) is 12.1 Å². The number of alkyl halides is 3. The van der Waals surface area contributed by atoms with Crippen LogP contribution in [0.15, 0.2) is 24.3 Å². The molecule has 2 amide bonds. The molecule has 4 nitrogen and oxygen atoms in total. The number of rotatable bonds is 4. The molecule has 1 atom stereocenters. The summed E-state index contributed by atoms with van der Waals surface area (Å²) in [4.78, 5) is 25.3. The summed E-state index contributed by atoms with van der Waals surface area (Å²) in [5.74, 6) is -0.295. The van der Waals surface area contributed by atoms with E-state index in [9.17, 15) is 22.8 Å². The van der Waals surface area contributed by atoms with Crippen LogP contribution >= 0.6 is 0 Å². The third-order valence-electron chi connectivity index (χ3n) is 4.18. The molecule has 7 heteroatoms. The van der Waals surface area contributed by atoms with Gasteiger partial charge in [-0.15, -0.1) is 0 Å². The lowest BCUT2D eigenvalue weighted by Crippen LogP contribution is -2.52. The van der Waals surface area contributed by atoms with Gasteiger partial charge in [-0.05, 0) is 44.4 Å². The lowest BCUT2D eigenvalue weighted by Gasteiger charge is -2.30. The van der Waals surface area contributed by atoms with Gasteiger partial charge in [-0.25, -0.2) is 0 Å². The second-order valence-electron chi connectivity index (χ2n) is 6.80. The molecule has 24 heavy (non-hydrogen) atoms. The van der Waals surface area contributed by atoms with Crippen LogP contribution in [0.3, 0.4) is 0 Å². The number of amides is 2. The largest absolute Gasteiger partial charge is 0.416 e. The van der Waals surface area contributed by atoms with Gasteiger partial charge >= 0.3 is 6.18 Å². The lowest BCUT2D eigenvalue weighted by atomic mass is 9.93. The molecule has 132 valence electrons. The molecule has 1 fully saturated rings. The van der Waals surface area contributed by atoms with E-state index in [1.165, 1.54) is 17.0 Å². The van der Waals surface area contributed by atoms with Gasteiger partial charge < -0.3 is 10.2 Å². The van der Waals surface area contributed by atoms with Crippen LogP contribution in [0.25, 0.3) is 0 Å². The first kappa shape index (κ1) is 18.3. The maximum absolute atomic E-state index is 12.6. The summed E-state index contributed by atoms with van der Waals surface area (Å²) in [6.45, 7) is 3.61. The molecule has 1 saturated heterocycles. The highest BCUT2D eigenvalue weighted by molar-refractivity contribution is 5.91. The van der Waals surface area contributed by atoms with Crippen molar-refractivity contribution in [2.75, 3.05) is 7.05 Å². The van der Waals surface area contributed by atoms with Crippen molar-refractivity contribution in [1.82, 2.24) is 10.2 Å². The van der Waals surface area contributed by atoms with Crippen LogP contribution < -0.4 is 5.32 Å². The van der Waals surface area contributed by atoms with Gasteiger partial charge in [0.2, 0.25) is 11.8 Å². The molecule has 0 bridgehead atoms. The number of likely N-dealkylation sites (tertiary alicyclic amines) is 1. The topological polar surface area (TPSA) is 49.4 Å². The molecule has 1 N–H and O–H groups in total. The van der Waals surface area contributed by atoms with Crippen LogP contribution in [-0.2, 0) is 22.2 Å². The number of nitrogens with zero attached hydrogens (tertiary/aromatic N) is 1. The molecule has 1 aliphatic rings. The van der Waals surface area contributed by atoms with Gasteiger partial charge in [0.25, 0.3) is 0 Å². The van der Waals surface area contributed by atoms with Gasteiger partial charge in [0, 0.05) is 19.0 Å². The molecule has 2 rings (SSSR count). The van der Waals surface area contributed by atoms with Crippen molar-refractivity contribution in [3.63, 3.8) is 0 Å². The minimum absolute atomic E-state index is 0.0595. The number of hydrogen-bond donors (Lipinski definition) is 1. The SMILES string of the molecule is CN1C(=O)CCC1C(=O)NC(C)(C)Cc1ccc(C(F)(F)F)cc1. The highest BCUT2D eigenvalue weighted by atomic mass is 19.4. The Hall–Kier alpha value is -2.05. The van der Waals surface area contributed by atoms with E-state index in [1.807, 2.05) is 0 Å². The minimum atomic E-state index is -4.36. The quantitative estimate of drug-likeness (QED) is 0.915. The predicted octanol–water partition coefficient (Wildman–Crippen LogP) is 2.76. The minimum Gasteiger partial charge on any atom is -0.349 e. The summed E-state index contributed by atoms with van der Waals surface area (Å²) in [5, 5.41) is 2.89. The van der Waals surface area contributed by atoms with E-state index in [4.69, 9.17) is 0 Å². The zero-order valence-corrected chi connectivity index (χ0v) is 13.9. The third kappa shape index (κ3) is 4.27. The van der Waals surface area contributed by atoms with Gasteiger partial charge in [0.1, 0.15) is 6.04 Å². The van der Waals surface area contributed by atoms with Gasteiger partial charge in [0.05, 0.1) is 5.56 Å². The predicted molar refractivity (Wildman–Crippen MR) is 83.2 cm³/mol. The molecule has 0 aromatic heterocycles. The van der Waals surface area contributed by atoms with Crippen LogP contribution in [0.4, 0.5) is 13.2 Å². The first-order valence-corrected chi connectivity index (χ1v) is 7.73. The summed E-state index contributed by atoms with van der Waals surface area (Å²) in [5.41, 5.74) is -0.633. The monoisotopic (exact) mass is 342 g/mol. The van der Waals surface area contributed by atoms with E-state index in [1.54, 1.807) is 20.9 Å². The Kier molecular flexibility index (Phi) is 4.92. The average molecular weight is 342 g/mol. The smallest absolute Gasteiger partial charge is 0.349 e. The molecule has 0 saturated carbocycles. The van der Waals surface area contributed by atoms with Gasteiger partial charge in [-0.3, -0.25) is 9.59 Å². The van der Waals surface area contributed by atoms with Crippen molar-refractivity contribution in [1.29, 1.82) is 0 Å². The normalized spacial score (nSPS) is 18.8. The van der Waals surface area contributed by atoms with Crippen LogP contribution in [0, 0.1) is 0 Å². The van der Waals surface area contributed by atoms with Crippen molar-refractivity contribution >= 4 is 11.8 Å². The third-order valence-corrected chi connectivity index (χ3v) is 4.18.